The molecule has 0 aromatic heterocycles. The summed E-state index contributed by atoms with van der Waals surface area (Å²) in [5, 5.41) is 2.79. The second-order valence-electron chi connectivity index (χ2n) is 3.83. The number of hydrogen-bond acceptors (Lipinski definition) is 4. The van der Waals surface area contributed by atoms with E-state index in [9.17, 15) is 9.59 Å². The van der Waals surface area contributed by atoms with Crippen molar-refractivity contribution in [2.24, 2.45) is 0 Å². The summed E-state index contributed by atoms with van der Waals surface area (Å²) in [4.78, 5) is 22.9. The van der Waals surface area contributed by atoms with Crippen LogP contribution < -0.4 is 10.1 Å². The Morgan fingerprint density at radius 2 is 2.15 bits per heavy atom. The first kappa shape index (κ1) is 16.0. The average molecular weight is 298 g/mol. The largest absolute Gasteiger partial charge is 0.489 e. The van der Waals surface area contributed by atoms with E-state index in [1.165, 1.54) is 19.1 Å². The quantitative estimate of drug-likeness (QED) is 0.647. The molecule has 1 aromatic rings. The first-order valence-corrected chi connectivity index (χ1v) is 6.39. The highest BCUT2D eigenvalue weighted by Crippen LogP contribution is 2.31. The van der Waals surface area contributed by atoms with Crippen molar-refractivity contribution in [1.29, 1.82) is 0 Å². The first-order chi connectivity index (χ1) is 9.49. The molecule has 0 aliphatic carbocycles. The van der Waals surface area contributed by atoms with Crippen LogP contribution in [0, 0.1) is 0 Å². The van der Waals surface area contributed by atoms with Crippen molar-refractivity contribution >= 4 is 29.2 Å². The maximum absolute atomic E-state index is 11.8. The van der Waals surface area contributed by atoms with E-state index in [1.54, 1.807) is 13.0 Å². The number of benzene rings is 1. The number of nitrogens with one attached hydrogen (secondary N) is 1. The summed E-state index contributed by atoms with van der Waals surface area (Å²) < 4.78 is 10.3. The lowest BCUT2D eigenvalue weighted by molar-refractivity contribution is -0.114. The number of hydrogen-bond donors (Lipinski definition) is 1. The van der Waals surface area contributed by atoms with Crippen LogP contribution in [-0.4, -0.2) is 25.1 Å². The summed E-state index contributed by atoms with van der Waals surface area (Å²) in [7, 11) is 0. The summed E-state index contributed by atoms with van der Waals surface area (Å²) in [6, 6.07) is 2.89. The molecule has 1 aromatic carbocycles. The molecule has 0 spiro atoms. The molecular formula is C14H16ClNO4. The van der Waals surface area contributed by atoms with Gasteiger partial charge in [-0.1, -0.05) is 24.3 Å². The van der Waals surface area contributed by atoms with Gasteiger partial charge in [-0.2, -0.15) is 0 Å². The van der Waals surface area contributed by atoms with Gasteiger partial charge in [0, 0.05) is 13.0 Å². The topological polar surface area (TPSA) is 64.6 Å². The molecule has 0 aliphatic rings. The molecule has 0 unspecified atom stereocenters. The Balaban J connectivity index is 3.20. The summed E-state index contributed by atoms with van der Waals surface area (Å²) in [5.41, 5.74) is 0.569. The number of carbonyl (C=O) groups is 2. The van der Waals surface area contributed by atoms with Gasteiger partial charge in [-0.3, -0.25) is 4.79 Å². The maximum Gasteiger partial charge on any atom is 0.341 e. The highest BCUT2D eigenvalue weighted by molar-refractivity contribution is 6.34. The van der Waals surface area contributed by atoms with Gasteiger partial charge >= 0.3 is 5.97 Å². The summed E-state index contributed by atoms with van der Waals surface area (Å²) >= 11 is 6.03. The van der Waals surface area contributed by atoms with Gasteiger partial charge in [0.25, 0.3) is 0 Å². The summed E-state index contributed by atoms with van der Waals surface area (Å²) in [5.74, 6) is -0.537. The molecule has 0 aliphatic heterocycles. The minimum atomic E-state index is -0.539. The SMILES string of the molecule is C=CCOc1cc(NC(C)=O)c(Cl)cc1C(=O)OCC. The average Bonchev–Trinajstić information content (AvgIpc) is 2.38. The zero-order chi connectivity index (χ0) is 15.1. The van der Waals surface area contributed by atoms with Gasteiger partial charge in [0.05, 0.1) is 17.3 Å². The second kappa shape index (κ2) is 7.55. The predicted octanol–water partition coefficient (Wildman–Crippen LogP) is 3.04. The normalized spacial score (nSPS) is 9.75. The van der Waals surface area contributed by atoms with Crippen LogP contribution in [0.4, 0.5) is 5.69 Å². The number of anilines is 1. The third kappa shape index (κ3) is 4.28. The smallest absolute Gasteiger partial charge is 0.341 e. The Morgan fingerprint density at radius 3 is 2.70 bits per heavy atom. The highest BCUT2D eigenvalue weighted by atomic mass is 35.5. The molecule has 0 fully saturated rings. The molecule has 0 saturated heterocycles. The molecule has 108 valence electrons. The third-order valence-electron chi connectivity index (χ3n) is 2.23. The monoisotopic (exact) mass is 297 g/mol. The lowest BCUT2D eigenvalue weighted by atomic mass is 10.1. The fourth-order valence-electron chi connectivity index (χ4n) is 1.48. The van der Waals surface area contributed by atoms with E-state index < -0.39 is 5.97 Å². The molecule has 0 radical (unpaired) electrons. The van der Waals surface area contributed by atoms with E-state index in [-0.39, 0.29) is 35.5 Å². The third-order valence-corrected chi connectivity index (χ3v) is 2.54. The van der Waals surface area contributed by atoms with Crippen LogP contribution >= 0.6 is 11.6 Å². The second-order valence-corrected chi connectivity index (χ2v) is 4.24. The number of halogens is 1. The van der Waals surface area contributed by atoms with Gasteiger partial charge in [-0.05, 0) is 13.0 Å². The number of ether oxygens (including phenoxy) is 2. The van der Waals surface area contributed by atoms with Crippen molar-refractivity contribution in [2.45, 2.75) is 13.8 Å². The molecule has 0 saturated carbocycles. The lowest BCUT2D eigenvalue weighted by Crippen LogP contribution is -2.11. The molecule has 1 N–H and O–H groups in total. The summed E-state index contributed by atoms with van der Waals surface area (Å²) in [6.45, 7) is 7.06. The van der Waals surface area contributed by atoms with Crippen molar-refractivity contribution in [2.75, 3.05) is 18.5 Å². The fourth-order valence-corrected chi connectivity index (χ4v) is 1.69. The lowest BCUT2D eigenvalue weighted by Gasteiger charge is -2.13. The van der Waals surface area contributed by atoms with Crippen LogP contribution in [0.1, 0.15) is 24.2 Å². The number of esters is 1. The predicted molar refractivity (Wildman–Crippen MR) is 77.4 cm³/mol. The van der Waals surface area contributed by atoms with Crippen LogP contribution in [0.25, 0.3) is 0 Å². The molecule has 20 heavy (non-hydrogen) atoms. The molecule has 0 atom stereocenters. The van der Waals surface area contributed by atoms with Crippen LogP contribution in [-0.2, 0) is 9.53 Å². The van der Waals surface area contributed by atoms with Gasteiger partial charge in [0.2, 0.25) is 5.91 Å². The zero-order valence-corrected chi connectivity index (χ0v) is 12.1. The van der Waals surface area contributed by atoms with E-state index in [0.29, 0.717) is 5.69 Å². The number of carbonyl (C=O) groups excluding carboxylic acids is 2. The Kier molecular flexibility index (Phi) is 6.06. The van der Waals surface area contributed by atoms with E-state index >= 15 is 0 Å². The van der Waals surface area contributed by atoms with Crippen molar-refractivity contribution in [3.8, 4) is 5.75 Å². The van der Waals surface area contributed by atoms with E-state index in [0.717, 1.165) is 0 Å². The van der Waals surface area contributed by atoms with Gasteiger partial charge in [-0.15, -0.1) is 0 Å². The molecule has 0 heterocycles. The van der Waals surface area contributed by atoms with Gasteiger partial charge < -0.3 is 14.8 Å². The minimum Gasteiger partial charge on any atom is -0.489 e. The molecule has 1 amide bonds. The molecule has 0 bridgehead atoms. The fraction of sp³-hybridized carbons (Fsp3) is 0.286. The van der Waals surface area contributed by atoms with Crippen LogP contribution in [0.15, 0.2) is 24.8 Å². The van der Waals surface area contributed by atoms with Crippen molar-refractivity contribution in [1.82, 2.24) is 0 Å². The molecule has 1 rings (SSSR count). The summed E-state index contributed by atoms with van der Waals surface area (Å²) in [6.07, 6.45) is 1.54. The first-order valence-electron chi connectivity index (χ1n) is 6.01. The van der Waals surface area contributed by atoms with Crippen LogP contribution in [0.3, 0.4) is 0 Å². The zero-order valence-electron chi connectivity index (χ0n) is 11.4. The van der Waals surface area contributed by atoms with Crippen molar-refractivity contribution in [3.63, 3.8) is 0 Å². The molecular weight excluding hydrogens is 282 g/mol. The Hall–Kier alpha value is -2.01. The maximum atomic E-state index is 11.8. The van der Waals surface area contributed by atoms with Gasteiger partial charge in [-0.25, -0.2) is 4.79 Å². The van der Waals surface area contributed by atoms with Crippen LogP contribution in [0.5, 0.6) is 5.75 Å². The minimum absolute atomic E-state index is 0.202. The molecule has 5 nitrogen and oxygen atoms in total. The van der Waals surface area contributed by atoms with Gasteiger partial charge in [0.1, 0.15) is 17.9 Å². The van der Waals surface area contributed by atoms with Crippen molar-refractivity contribution in [3.05, 3.63) is 35.4 Å². The number of amides is 1. The highest BCUT2D eigenvalue weighted by Gasteiger charge is 2.17. The van der Waals surface area contributed by atoms with E-state index in [1.807, 2.05) is 0 Å². The molecule has 6 heteroatoms. The standard InChI is InChI=1S/C14H16ClNO4/c1-4-6-20-13-8-12(16-9(3)17)11(15)7-10(13)14(18)19-5-2/h4,7-8H,1,5-6H2,2-3H3,(H,16,17). The van der Waals surface area contributed by atoms with Crippen LogP contribution in [0.2, 0.25) is 5.02 Å². The van der Waals surface area contributed by atoms with Gasteiger partial charge in [0.15, 0.2) is 0 Å². The Labute approximate surface area is 122 Å². The Morgan fingerprint density at radius 1 is 1.45 bits per heavy atom. The van der Waals surface area contributed by atoms with Crippen molar-refractivity contribution < 1.29 is 19.1 Å². The van der Waals surface area contributed by atoms with E-state index in [4.69, 9.17) is 21.1 Å². The number of rotatable bonds is 6. The Bertz CT molecular complexity index is 528. The van der Waals surface area contributed by atoms with E-state index in [2.05, 4.69) is 11.9 Å².